The summed E-state index contributed by atoms with van der Waals surface area (Å²) in [4.78, 5) is 40.7. The number of carbonyl (C=O) groups excluding carboxylic acids is 3. The number of amides is 1. The van der Waals surface area contributed by atoms with Crippen LogP contribution in [0.1, 0.15) is 50.7 Å². The van der Waals surface area contributed by atoms with E-state index in [4.69, 9.17) is 18.9 Å². The second kappa shape index (κ2) is 13.3. The van der Waals surface area contributed by atoms with Crippen molar-refractivity contribution in [2.45, 2.75) is 53.2 Å². The average Bonchev–Trinajstić information content (AvgIpc) is 2.82. The van der Waals surface area contributed by atoms with Gasteiger partial charge in [-0.1, -0.05) is 44.2 Å². The molecule has 1 unspecified atom stereocenters. The van der Waals surface area contributed by atoms with Gasteiger partial charge in [0, 0.05) is 25.1 Å². The topological polar surface area (TPSA) is 113 Å². The molecule has 35 heavy (non-hydrogen) atoms. The number of rotatable bonds is 12. The van der Waals surface area contributed by atoms with Crippen molar-refractivity contribution in [3.63, 3.8) is 0 Å². The standard InChI is InChI=1S/C26H34N2O7/c1-16(2)21(14-20-10-8-7-9-11-20)18(4)35-26(31)17(3)28-25(30)23-24(34-15-33-19(5)29)22(32-6)12-13-27-23/h7-13,16-18,21H,14-15H2,1-6H3,(H,28,30)/t17-,18-,21?/m0/s1. The summed E-state index contributed by atoms with van der Waals surface area (Å²) in [6, 6.07) is 10.6. The highest BCUT2D eigenvalue weighted by Gasteiger charge is 2.28. The molecule has 0 spiro atoms. The molecule has 1 aromatic carbocycles. The quantitative estimate of drug-likeness (QED) is 0.358. The predicted molar refractivity (Wildman–Crippen MR) is 129 cm³/mol. The molecule has 1 aromatic heterocycles. The minimum atomic E-state index is -0.941. The van der Waals surface area contributed by atoms with Crippen LogP contribution in [0.5, 0.6) is 11.5 Å². The van der Waals surface area contributed by atoms with E-state index >= 15 is 0 Å². The first-order valence-corrected chi connectivity index (χ1v) is 11.5. The lowest BCUT2D eigenvalue weighted by molar-refractivity contribution is -0.153. The number of carbonyl (C=O) groups is 3. The number of ether oxygens (including phenoxy) is 4. The second-order valence-corrected chi connectivity index (χ2v) is 8.52. The molecule has 0 saturated heterocycles. The third-order valence-electron chi connectivity index (χ3n) is 5.55. The van der Waals surface area contributed by atoms with E-state index in [0.29, 0.717) is 0 Å². The smallest absolute Gasteiger partial charge is 0.328 e. The fourth-order valence-electron chi connectivity index (χ4n) is 3.59. The molecular weight excluding hydrogens is 452 g/mol. The molecule has 9 heteroatoms. The lowest BCUT2D eigenvalue weighted by Gasteiger charge is -2.28. The third-order valence-corrected chi connectivity index (χ3v) is 5.55. The Morgan fingerprint density at radius 1 is 1.03 bits per heavy atom. The Hall–Kier alpha value is -3.62. The molecule has 2 rings (SSSR count). The van der Waals surface area contributed by atoms with E-state index in [1.165, 1.54) is 38.8 Å². The molecule has 0 bridgehead atoms. The van der Waals surface area contributed by atoms with Crippen LogP contribution in [-0.2, 0) is 25.5 Å². The first-order valence-electron chi connectivity index (χ1n) is 11.5. The fourth-order valence-corrected chi connectivity index (χ4v) is 3.59. The van der Waals surface area contributed by atoms with Crippen LogP contribution in [0.2, 0.25) is 0 Å². The number of nitrogens with zero attached hydrogens (tertiary/aromatic N) is 1. The van der Waals surface area contributed by atoms with E-state index in [9.17, 15) is 14.4 Å². The van der Waals surface area contributed by atoms with Gasteiger partial charge in [-0.05, 0) is 31.7 Å². The summed E-state index contributed by atoms with van der Waals surface area (Å²) in [5.74, 6) is -1.17. The normalized spacial score (nSPS) is 13.3. The first kappa shape index (κ1) is 27.6. The van der Waals surface area contributed by atoms with Crippen LogP contribution >= 0.6 is 0 Å². The highest BCUT2D eigenvalue weighted by atomic mass is 16.7. The number of pyridine rings is 1. The van der Waals surface area contributed by atoms with Crippen LogP contribution < -0.4 is 14.8 Å². The average molecular weight is 487 g/mol. The van der Waals surface area contributed by atoms with E-state index in [1.807, 2.05) is 25.1 Å². The Morgan fingerprint density at radius 3 is 2.31 bits per heavy atom. The fraction of sp³-hybridized carbons (Fsp3) is 0.462. The number of esters is 2. The highest BCUT2D eigenvalue weighted by Crippen LogP contribution is 2.29. The van der Waals surface area contributed by atoms with Crippen LogP contribution in [0.4, 0.5) is 0 Å². The number of nitrogens with one attached hydrogen (secondary N) is 1. The van der Waals surface area contributed by atoms with Gasteiger partial charge in [0.2, 0.25) is 6.79 Å². The minimum absolute atomic E-state index is 0.00887. The molecule has 2 aromatic rings. The summed E-state index contributed by atoms with van der Waals surface area (Å²) >= 11 is 0. The summed E-state index contributed by atoms with van der Waals surface area (Å²) in [5, 5.41) is 2.59. The summed E-state index contributed by atoms with van der Waals surface area (Å²) in [5.41, 5.74) is 1.05. The van der Waals surface area contributed by atoms with Crippen LogP contribution in [-0.4, -0.2) is 48.9 Å². The van der Waals surface area contributed by atoms with Gasteiger partial charge in [0.1, 0.15) is 12.1 Å². The van der Waals surface area contributed by atoms with Crippen molar-refractivity contribution in [1.82, 2.24) is 10.3 Å². The molecule has 1 amide bonds. The van der Waals surface area contributed by atoms with Crippen molar-refractivity contribution in [2.24, 2.45) is 11.8 Å². The lowest BCUT2D eigenvalue weighted by Crippen LogP contribution is -2.42. The molecule has 1 N–H and O–H groups in total. The summed E-state index contributed by atoms with van der Waals surface area (Å²) < 4.78 is 21.1. The van der Waals surface area contributed by atoms with Gasteiger partial charge in [0.15, 0.2) is 17.2 Å². The molecule has 0 aliphatic heterocycles. The van der Waals surface area contributed by atoms with E-state index in [2.05, 4.69) is 36.3 Å². The van der Waals surface area contributed by atoms with Crippen molar-refractivity contribution >= 4 is 17.8 Å². The molecular formula is C26H34N2O7. The van der Waals surface area contributed by atoms with Gasteiger partial charge in [0.05, 0.1) is 7.11 Å². The van der Waals surface area contributed by atoms with Crippen LogP contribution in [0, 0.1) is 11.8 Å². The monoisotopic (exact) mass is 486 g/mol. The zero-order valence-electron chi connectivity index (χ0n) is 21.1. The first-order chi connectivity index (χ1) is 16.6. The van der Waals surface area contributed by atoms with Crippen molar-refractivity contribution in [2.75, 3.05) is 13.9 Å². The van der Waals surface area contributed by atoms with Gasteiger partial charge in [-0.3, -0.25) is 9.59 Å². The summed E-state index contributed by atoms with van der Waals surface area (Å²) in [6.45, 7) is 8.39. The molecule has 0 fully saturated rings. The maximum atomic E-state index is 12.9. The van der Waals surface area contributed by atoms with Gasteiger partial charge in [-0.25, -0.2) is 9.78 Å². The minimum Gasteiger partial charge on any atom is -0.493 e. The Labute approximate surface area is 206 Å². The zero-order chi connectivity index (χ0) is 26.0. The van der Waals surface area contributed by atoms with Gasteiger partial charge >= 0.3 is 11.9 Å². The molecule has 0 aliphatic rings. The maximum Gasteiger partial charge on any atom is 0.328 e. The van der Waals surface area contributed by atoms with Crippen molar-refractivity contribution in [1.29, 1.82) is 0 Å². The zero-order valence-corrected chi connectivity index (χ0v) is 21.1. The van der Waals surface area contributed by atoms with Gasteiger partial charge < -0.3 is 24.3 Å². The van der Waals surface area contributed by atoms with Gasteiger partial charge in [-0.2, -0.15) is 0 Å². The van der Waals surface area contributed by atoms with Gasteiger partial charge in [0.25, 0.3) is 5.91 Å². The molecule has 0 saturated carbocycles. The SMILES string of the molecule is COc1ccnc(C(=O)N[C@@H](C)C(=O)O[C@@H](C)C(Cc2ccccc2)C(C)C)c1OCOC(C)=O. The van der Waals surface area contributed by atoms with E-state index < -0.39 is 30.7 Å². The van der Waals surface area contributed by atoms with E-state index in [1.54, 1.807) is 0 Å². The second-order valence-electron chi connectivity index (χ2n) is 8.52. The summed E-state index contributed by atoms with van der Waals surface area (Å²) in [6.07, 6.45) is 1.78. The largest absolute Gasteiger partial charge is 0.493 e. The number of aromatic nitrogens is 1. The van der Waals surface area contributed by atoms with Crippen molar-refractivity contribution in [3.05, 3.63) is 53.9 Å². The number of hydrogen-bond acceptors (Lipinski definition) is 8. The molecule has 9 nitrogen and oxygen atoms in total. The molecule has 190 valence electrons. The number of benzene rings is 1. The Balaban J connectivity index is 2.06. The lowest BCUT2D eigenvalue weighted by atomic mass is 9.85. The number of methoxy groups -OCH3 is 1. The maximum absolute atomic E-state index is 12.9. The molecule has 3 atom stereocenters. The highest BCUT2D eigenvalue weighted by molar-refractivity contribution is 5.98. The Morgan fingerprint density at radius 2 is 1.71 bits per heavy atom. The van der Waals surface area contributed by atoms with Crippen molar-refractivity contribution < 1.29 is 33.3 Å². The molecule has 0 aliphatic carbocycles. The van der Waals surface area contributed by atoms with Gasteiger partial charge in [-0.15, -0.1) is 0 Å². The van der Waals surface area contributed by atoms with Crippen LogP contribution in [0.3, 0.4) is 0 Å². The van der Waals surface area contributed by atoms with Crippen LogP contribution in [0.25, 0.3) is 0 Å². The Kier molecular flexibility index (Phi) is 10.5. The third kappa shape index (κ3) is 8.27. The van der Waals surface area contributed by atoms with E-state index in [-0.39, 0.29) is 35.1 Å². The molecule has 0 radical (unpaired) electrons. The predicted octanol–water partition coefficient (Wildman–Crippen LogP) is 3.55. The van der Waals surface area contributed by atoms with Crippen LogP contribution in [0.15, 0.2) is 42.6 Å². The molecule has 1 heterocycles. The van der Waals surface area contributed by atoms with Crippen molar-refractivity contribution in [3.8, 4) is 11.5 Å². The summed E-state index contributed by atoms with van der Waals surface area (Å²) in [7, 11) is 1.40. The number of hydrogen-bond donors (Lipinski definition) is 1. The van der Waals surface area contributed by atoms with E-state index in [0.717, 1.165) is 6.42 Å². The Bertz CT molecular complexity index is 994.